The second-order valence-electron chi connectivity index (χ2n) is 6.84. The summed E-state index contributed by atoms with van der Waals surface area (Å²) in [6.45, 7) is 9.73. The number of hydrogen-bond acceptors (Lipinski definition) is 5. The fourth-order valence-corrected chi connectivity index (χ4v) is 2.82. The van der Waals surface area contributed by atoms with Gasteiger partial charge in [-0.1, -0.05) is 11.6 Å². The summed E-state index contributed by atoms with van der Waals surface area (Å²) in [7, 11) is 0. The van der Waals surface area contributed by atoms with E-state index < -0.39 is 11.7 Å². The molecular weight excluding hydrogens is 330 g/mol. The number of nitrogens with one attached hydrogen (secondary N) is 1. The Morgan fingerprint density at radius 1 is 1.29 bits per heavy atom. The lowest BCUT2D eigenvalue weighted by atomic mass is 10.2. The van der Waals surface area contributed by atoms with Crippen LogP contribution in [0.4, 0.5) is 16.2 Å². The number of piperazine rings is 1. The Kier molecular flexibility index (Phi) is 6.32. The van der Waals surface area contributed by atoms with Gasteiger partial charge in [0.25, 0.3) is 0 Å². The molecule has 134 valence electrons. The first kappa shape index (κ1) is 18.8. The van der Waals surface area contributed by atoms with Crippen molar-refractivity contribution in [2.24, 2.45) is 0 Å². The maximum atomic E-state index is 12.1. The van der Waals surface area contributed by atoms with Gasteiger partial charge in [0, 0.05) is 37.7 Å². The van der Waals surface area contributed by atoms with Gasteiger partial charge in [0.2, 0.25) is 0 Å². The third-order valence-electron chi connectivity index (χ3n) is 3.72. The molecule has 1 aliphatic heterocycles. The van der Waals surface area contributed by atoms with E-state index in [2.05, 4.69) is 15.1 Å². The molecule has 1 fully saturated rings. The number of β-amino-alcohol motifs (C(OH)–C–C–N with tert-alkyl or cyclic N) is 1. The summed E-state index contributed by atoms with van der Waals surface area (Å²) in [5.74, 6) is 0. The van der Waals surface area contributed by atoms with Crippen LogP contribution < -0.4 is 10.2 Å². The monoisotopic (exact) mass is 355 g/mol. The van der Waals surface area contributed by atoms with E-state index in [1.165, 1.54) is 0 Å². The lowest BCUT2D eigenvalue weighted by molar-refractivity contribution is 0.0636. The van der Waals surface area contributed by atoms with E-state index in [-0.39, 0.29) is 6.61 Å². The largest absolute Gasteiger partial charge is 0.444 e. The van der Waals surface area contributed by atoms with E-state index in [9.17, 15) is 4.79 Å². The first-order valence-electron chi connectivity index (χ1n) is 8.16. The number of carbonyl (C=O) groups excluding carboxylic acids is 1. The van der Waals surface area contributed by atoms with Crippen LogP contribution in [-0.4, -0.2) is 61.0 Å². The van der Waals surface area contributed by atoms with E-state index in [0.717, 1.165) is 31.9 Å². The van der Waals surface area contributed by atoms with Crippen molar-refractivity contribution in [3.05, 3.63) is 23.2 Å². The molecule has 0 radical (unpaired) electrons. The summed E-state index contributed by atoms with van der Waals surface area (Å²) in [5, 5.41) is 12.4. The predicted octanol–water partition coefficient (Wildman–Crippen LogP) is 2.80. The number of nitrogens with zero attached hydrogens (tertiary/aromatic N) is 2. The Bertz CT molecular complexity index is 567. The molecule has 2 rings (SSSR count). The Balaban J connectivity index is 2.09. The summed E-state index contributed by atoms with van der Waals surface area (Å²) >= 11 is 6.09. The molecule has 0 saturated carbocycles. The van der Waals surface area contributed by atoms with Gasteiger partial charge in [0.15, 0.2) is 0 Å². The van der Waals surface area contributed by atoms with E-state index in [4.69, 9.17) is 21.4 Å². The third-order valence-corrected chi connectivity index (χ3v) is 3.96. The van der Waals surface area contributed by atoms with Gasteiger partial charge < -0.3 is 14.7 Å². The lowest BCUT2D eigenvalue weighted by Gasteiger charge is -2.36. The highest BCUT2D eigenvalue weighted by Crippen LogP contribution is 2.30. The number of benzene rings is 1. The molecule has 1 saturated heterocycles. The molecule has 1 heterocycles. The Morgan fingerprint density at radius 2 is 1.96 bits per heavy atom. The second-order valence-corrected chi connectivity index (χ2v) is 7.28. The summed E-state index contributed by atoms with van der Waals surface area (Å²) in [5.41, 5.74) is 1.01. The molecule has 1 amide bonds. The number of halogens is 1. The second kappa shape index (κ2) is 8.05. The van der Waals surface area contributed by atoms with Gasteiger partial charge in [0.1, 0.15) is 5.60 Å². The van der Waals surface area contributed by atoms with Crippen LogP contribution in [0.25, 0.3) is 0 Å². The molecule has 1 aromatic carbocycles. The van der Waals surface area contributed by atoms with Crippen LogP contribution in [-0.2, 0) is 4.74 Å². The van der Waals surface area contributed by atoms with Gasteiger partial charge >= 0.3 is 6.09 Å². The molecule has 1 aliphatic rings. The highest BCUT2D eigenvalue weighted by Gasteiger charge is 2.21. The molecule has 0 aliphatic carbocycles. The number of rotatable bonds is 4. The zero-order valence-corrected chi connectivity index (χ0v) is 15.3. The highest BCUT2D eigenvalue weighted by atomic mass is 35.5. The van der Waals surface area contributed by atoms with Crippen molar-refractivity contribution in [2.45, 2.75) is 26.4 Å². The number of aliphatic hydroxyl groups is 1. The number of hydrogen-bond donors (Lipinski definition) is 2. The standard InChI is InChI=1S/C17H26ClN3O3/c1-17(2,3)24-16(23)19-14-12-13(18)4-5-15(14)21-8-6-20(7-9-21)10-11-22/h4-5,12,22H,6-11H2,1-3H3,(H,19,23). The molecule has 0 unspecified atom stereocenters. The van der Waals surface area contributed by atoms with Gasteiger partial charge in [-0.25, -0.2) is 4.79 Å². The third kappa shape index (κ3) is 5.54. The van der Waals surface area contributed by atoms with Gasteiger partial charge in [-0.2, -0.15) is 0 Å². The summed E-state index contributed by atoms with van der Waals surface area (Å²) in [4.78, 5) is 16.5. The molecule has 2 N–H and O–H groups in total. The average Bonchev–Trinajstić information content (AvgIpc) is 2.47. The molecule has 7 heteroatoms. The first-order valence-corrected chi connectivity index (χ1v) is 8.54. The number of anilines is 2. The van der Waals surface area contributed by atoms with Crippen molar-refractivity contribution in [2.75, 3.05) is 49.5 Å². The highest BCUT2D eigenvalue weighted by molar-refractivity contribution is 6.31. The number of ether oxygens (including phenoxy) is 1. The summed E-state index contributed by atoms with van der Waals surface area (Å²) in [6.07, 6.45) is -0.495. The Hall–Kier alpha value is -1.50. The zero-order valence-electron chi connectivity index (χ0n) is 14.5. The van der Waals surface area contributed by atoms with Crippen molar-refractivity contribution in [3.63, 3.8) is 0 Å². The van der Waals surface area contributed by atoms with Crippen molar-refractivity contribution in [1.82, 2.24) is 4.90 Å². The Labute approximate surface area is 148 Å². The van der Waals surface area contributed by atoms with Crippen LogP contribution in [0.5, 0.6) is 0 Å². The zero-order chi connectivity index (χ0) is 17.7. The minimum absolute atomic E-state index is 0.173. The van der Waals surface area contributed by atoms with E-state index in [0.29, 0.717) is 17.3 Å². The maximum absolute atomic E-state index is 12.1. The van der Waals surface area contributed by atoms with Crippen LogP contribution in [0.3, 0.4) is 0 Å². The quantitative estimate of drug-likeness (QED) is 0.869. The molecule has 0 aromatic heterocycles. The number of amides is 1. The van der Waals surface area contributed by atoms with Crippen LogP contribution in [0.1, 0.15) is 20.8 Å². The molecule has 24 heavy (non-hydrogen) atoms. The van der Waals surface area contributed by atoms with Crippen LogP contribution in [0.15, 0.2) is 18.2 Å². The molecule has 0 spiro atoms. The van der Waals surface area contributed by atoms with Gasteiger partial charge in [-0.05, 0) is 39.0 Å². The van der Waals surface area contributed by atoms with E-state index in [1.807, 2.05) is 32.9 Å². The normalized spacial score (nSPS) is 16.1. The Morgan fingerprint density at radius 3 is 2.54 bits per heavy atom. The van der Waals surface area contributed by atoms with Gasteiger partial charge in [-0.15, -0.1) is 0 Å². The molecule has 1 aromatic rings. The minimum atomic E-state index is -0.557. The van der Waals surface area contributed by atoms with E-state index >= 15 is 0 Å². The topological polar surface area (TPSA) is 65.0 Å². The molecule has 6 nitrogen and oxygen atoms in total. The maximum Gasteiger partial charge on any atom is 0.412 e. The van der Waals surface area contributed by atoms with Crippen molar-refractivity contribution >= 4 is 29.1 Å². The van der Waals surface area contributed by atoms with Crippen LogP contribution in [0.2, 0.25) is 5.02 Å². The minimum Gasteiger partial charge on any atom is -0.444 e. The SMILES string of the molecule is CC(C)(C)OC(=O)Nc1cc(Cl)ccc1N1CCN(CCO)CC1. The fourth-order valence-electron chi connectivity index (χ4n) is 2.65. The van der Waals surface area contributed by atoms with Gasteiger partial charge in [0.05, 0.1) is 18.0 Å². The molecule has 0 bridgehead atoms. The number of aliphatic hydroxyl groups excluding tert-OH is 1. The first-order chi connectivity index (χ1) is 11.3. The van der Waals surface area contributed by atoms with Crippen molar-refractivity contribution < 1.29 is 14.6 Å². The van der Waals surface area contributed by atoms with Gasteiger partial charge in [-0.3, -0.25) is 10.2 Å². The fraction of sp³-hybridized carbons (Fsp3) is 0.588. The smallest absolute Gasteiger partial charge is 0.412 e. The van der Waals surface area contributed by atoms with Crippen molar-refractivity contribution in [1.29, 1.82) is 0 Å². The predicted molar refractivity (Wildman–Crippen MR) is 97.0 cm³/mol. The van der Waals surface area contributed by atoms with Crippen LogP contribution in [0, 0.1) is 0 Å². The summed E-state index contributed by atoms with van der Waals surface area (Å²) in [6, 6.07) is 5.47. The lowest BCUT2D eigenvalue weighted by Crippen LogP contribution is -2.47. The number of carbonyl (C=O) groups is 1. The average molecular weight is 356 g/mol. The van der Waals surface area contributed by atoms with E-state index in [1.54, 1.807) is 6.07 Å². The molecular formula is C17H26ClN3O3. The molecule has 0 atom stereocenters. The van der Waals surface area contributed by atoms with Crippen molar-refractivity contribution in [3.8, 4) is 0 Å². The summed E-state index contributed by atoms with van der Waals surface area (Å²) < 4.78 is 5.33. The van der Waals surface area contributed by atoms with Crippen LogP contribution >= 0.6 is 11.6 Å².